The number of likely N-dealkylation sites (tertiary alicyclic amines) is 1. The molecule has 32 heavy (non-hydrogen) atoms. The van der Waals surface area contributed by atoms with Gasteiger partial charge in [0.25, 0.3) is 0 Å². The number of aromatic nitrogens is 2. The maximum Gasteiger partial charge on any atom is 0.225 e. The molecule has 170 valence electrons. The molecule has 0 unspecified atom stereocenters. The van der Waals surface area contributed by atoms with Gasteiger partial charge in [0.1, 0.15) is 5.82 Å². The Kier molecular flexibility index (Phi) is 6.06. The smallest absolute Gasteiger partial charge is 0.225 e. The third-order valence-corrected chi connectivity index (χ3v) is 6.91. The Balaban J connectivity index is 1.39. The van der Waals surface area contributed by atoms with Crippen LogP contribution < -0.4 is 10.2 Å². The van der Waals surface area contributed by atoms with Crippen molar-refractivity contribution in [3.05, 3.63) is 53.6 Å². The van der Waals surface area contributed by atoms with Gasteiger partial charge in [-0.1, -0.05) is 18.6 Å². The fraction of sp³-hybridized carbons (Fsp3) is 0.542. The molecule has 1 amide bonds. The number of hydrogen-bond donors (Lipinski definition) is 1. The van der Waals surface area contributed by atoms with E-state index in [2.05, 4.69) is 20.1 Å². The Labute approximate surface area is 188 Å². The molecule has 7 nitrogen and oxygen atoms in total. The molecular formula is C24H30FN5O2. The van der Waals surface area contributed by atoms with Crippen molar-refractivity contribution in [2.45, 2.75) is 43.7 Å². The second-order valence-electron chi connectivity index (χ2n) is 9.14. The van der Waals surface area contributed by atoms with E-state index in [1.165, 1.54) is 6.07 Å². The van der Waals surface area contributed by atoms with Crippen LogP contribution in [0.4, 0.5) is 10.3 Å². The summed E-state index contributed by atoms with van der Waals surface area (Å²) in [4.78, 5) is 26.3. The fourth-order valence-electron chi connectivity index (χ4n) is 5.40. The first-order valence-electron chi connectivity index (χ1n) is 11.5. The molecule has 0 radical (unpaired) electrons. The molecule has 3 fully saturated rings. The lowest BCUT2D eigenvalue weighted by Crippen LogP contribution is -2.52. The molecule has 0 aliphatic carbocycles. The van der Waals surface area contributed by atoms with Crippen LogP contribution in [-0.4, -0.2) is 65.7 Å². The van der Waals surface area contributed by atoms with Crippen LogP contribution >= 0.6 is 0 Å². The van der Waals surface area contributed by atoms with Gasteiger partial charge < -0.3 is 15.0 Å². The summed E-state index contributed by atoms with van der Waals surface area (Å²) in [6, 6.07) is 8.80. The molecule has 4 heterocycles. The summed E-state index contributed by atoms with van der Waals surface area (Å²) in [5.41, 5.74) is 1.53. The van der Waals surface area contributed by atoms with Crippen molar-refractivity contribution in [2.75, 3.05) is 44.3 Å². The largest absolute Gasteiger partial charge is 0.378 e. The van der Waals surface area contributed by atoms with Gasteiger partial charge in [0.2, 0.25) is 11.9 Å². The SMILES string of the molecule is O=C1CCCC[C@]2(CN(Cc3ccnc(N4CCOCC4)n3)C[C@H]2c2cccc(F)c2)N1. The zero-order chi connectivity index (χ0) is 22.0. The van der Waals surface area contributed by atoms with Crippen LogP contribution in [0.2, 0.25) is 0 Å². The van der Waals surface area contributed by atoms with Gasteiger partial charge in [-0.05, 0) is 36.6 Å². The molecule has 1 aromatic carbocycles. The number of nitrogens with one attached hydrogen (secondary N) is 1. The van der Waals surface area contributed by atoms with E-state index in [0.717, 1.165) is 62.6 Å². The topological polar surface area (TPSA) is 70.6 Å². The van der Waals surface area contributed by atoms with Crippen LogP contribution in [0.25, 0.3) is 0 Å². The summed E-state index contributed by atoms with van der Waals surface area (Å²) in [6.45, 7) is 5.13. The van der Waals surface area contributed by atoms with Crippen LogP contribution in [0.5, 0.6) is 0 Å². The van der Waals surface area contributed by atoms with Crippen molar-refractivity contribution < 1.29 is 13.9 Å². The average Bonchev–Trinajstić information content (AvgIpc) is 3.03. The molecule has 3 saturated heterocycles. The molecule has 1 N–H and O–H groups in total. The number of amides is 1. The fourth-order valence-corrected chi connectivity index (χ4v) is 5.40. The van der Waals surface area contributed by atoms with Crippen LogP contribution in [0, 0.1) is 5.82 Å². The van der Waals surface area contributed by atoms with Crippen LogP contribution in [0.3, 0.4) is 0 Å². The second-order valence-corrected chi connectivity index (χ2v) is 9.14. The Hall–Kier alpha value is -2.58. The third-order valence-electron chi connectivity index (χ3n) is 6.91. The van der Waals surface area contributed by atoms with Crippen LogP contribution in [0.1, 0.15) is 42.9 Å². The first-order chi connectivity index (χ1) is 15.6. The monoisotopic (exact) mass is 439 g/mol. The Bertz CT molecular complexity index is 967. The number of hydrogen-bond acceptors (Lipinski definition) is 6. The summed E-state index contributed by atoms with van der Waals surface area (Å²) < 4.78 is 19.5. The summed E-state index contributed by atoms with van der Waals surface area (Å²) in [6.07, 6.45) is 5.17. The third kappa shape index (κ3) is 4.47. The van der Waals surface area contributed by atoms with E-state index in [0.29, 0.717) is 26.2 Å². The predicted molar refractivity (Wildman–Crippen MR) is 119 cm³/mol. The number of ether oxygens (including phenoxy) is 1. The molecule has 0 saturated carbocycles. The van der Waals surface area contributed by atoms with E-state index in [4.69, 9.17) is 9.72 Å². The van der Waals surface area contributed by atoms with Crippen molar-refractivity contribution in [1.29, 1.82) is 0 Å². The number of nitrogens with zero attached hydrogens (tertiary/aromatic N) is 4. The molecule has 0 bridgehead atoms. The summed E-state index contributed by atoms with van der Waals surface area (Å²) in [5.74, 6) is 0.648. The van der Waals surface area contributed by atoms with E-state index in [9.17, 15) is 9.18 Å². The molecule has 2 aromatic rings. The zero-order valence-corrected chi connectivity index (χ0v) is 18.3. The lowest BCUT2D eigenvalue weighted by Gasteiger charge is -2.35. The molecule has 3 aliphatic heterocycles. The number of halogens is 1. The summed E-state index contributed by atoms with van der Waals surface area (Å²) >= 11 is 0. The first kappa shape index (κ1) is 21.3. The molecular weight excluding hydrogens is 409 g/mol. The van der Waals surface area contributed by atoms with Crippen molar-refractivity contribution in [2.24, 2.45) is 0 Å². The predicted octanol–water partition coefficient (Wildman–Crippen LogP) is 2.48. The molecule has 1 spiro atoms. The van der Waals surface area contributed by atoms with E-state index in [1.54, 1.807) is 12.1 Å². The molecule has 5 rings (SSSR count). The van der Waals surface area contributed by atoms with E-state index < -0.39 is 0 Å². The van der Waals surface area contributed by atoms with E-state index in [-0.39, 0.29) is 23.2 Å². The minimum Gasteiger partial charge on any atom is -0.378 e. The minimum atomic E-state index is -0.374. The van der Waals surface area contributed by atoms with Crippen LogP contribution in [-0.2, 0) is 16.1 Å². The van der Waals surface area contributed by atoms with Crippen molar-refractivity contribution in [3.63, 3.8) is 0 Å². The highest BCUT2D eigenvalue weighted by atomic mass is 19.1. The Morgan fingerprint density at radius 2 is 2.09 bits per heavy atom. The quantitative estimate of drug-likeness (QED) is 0.789. The number of rotatable bonds is 4. The molecule has 8 heteroatoms. The number of anilines is 1. The maximum atomic E-state index is 14.1. The summed E-state index contributed by atoms with van der Waals surface area (Å²) in [5, 5.41) is 3.34. The second kappa shape index (κ2) is 9.11. The van der Waals surface area contributed by atoms with Gasteiger partial charge in [0.15, 0.2) is 0 Å². The van der Waals surface area contributed by atoms with Crippen molar-refractivity contribution >= 4 is 11.9 Å². The van der Waals surface area contributed by atoms with Gasteiger partial charge in [0, 0.05) is 51.3 Å². The van der Waals surface area contributed by atoms with Gasteiger partial charge in [-0.2, -0.15) is 0 Å². The summed E-state index contributed by atoms with van der Waals surface area (Å²) in [7, 11) is 0. The Morgan fingerprint density at radius 1 is 1.22 bits per heavy atom. The average molecular weight is 440 g/mol. The number of morpholine rings is 1. The van der Waals surface area contributed by atoms with Gasteiger partial charge in [0.05, 0.1) is 24.4 Å². The molecule has 3 aliphatic rings. The standard InChI is InChI=1S/C24H30FN5O2/c25-19-5-3-4-18(14-19)21-16-29(17-24(21)8-2-1-6-22(31)28-24)15-20-7-9-26-23(27-20)30-10-12-32-13-11-30/h3-5,7,9,14,21H,1-2,6,8,10-13,15-17H2,(H,28,31)/t21-,24+/m0/s1. The highest BCUT2D eigenvalue weighted by molar-refractivity contribution is 5.77. The lowest BCUT2D eigenvalue weighted by molar-refractivity contribution is -0.122. The van der Waals surface area contributed by atoms with E-state index in [1.807, 2.05) is 18.3 Å². The number of carbonyl (C=O) groups excluding carboxylic acids is 1. The normalized spacial score (nSPS) is 26.8. The first-order valence-corrected chi connectivity index (χ1v) is 11.5. The highest BCUT2D eigenvalue weighted by Gasteiger charge is 2.48. The zero-order valence-electron chi connectivity index (χ0n) is 18.3. The Morgan fingerprint density at radius 3 is 2.94 bits per heavy atom. The maximum absolute atomic E-state index is 14.1. The van der Waals surface area contributed by atoms with Crippen LogP contribution in [0.15, 0.2) is 36.5 Å². The lowest BCUT2D eigenvalue weighted by atomic mass is 9.79. The van der Waals surface area contributed by atoms with Crippen molar-refractivity contribution in [1.82, 2.24) is 20.2 Å². The van der Waals surface area contributed by atoms with Gasteiger partial charge in [-0.15, -0.1) is 0 Å². The number of carbonyl (C=O) groups is 1. The van der Waals surface area contributed by atoms with Gasteiger partial charge in [-0.25, -0.2) is 14.4 Å². The van der Waals surface area contributed by atoms with E-state index >= 15 is 0 Å². The number of benzene rings is 1. The minimum absolute atomic E-state index is 0.0424. The van der Waals surface area contributed by atoms with Gasteiger partial charge in [-0.3, -0.25) is 9.69 Å². The van der Waals surface area contributed by atoms with Crippen molar-refractivity contribution in [3.8, 4) is 0 Å². The molecule has 1 aromatic heterocycles. The van der Waals surface area contributed by atoms with Gasteiger partial charge >= 0.3 is 0 Å². The molecule has 2 atom stereocenters. The highest BCUT2D eigenvalue weighted by Crippen LogP contribution is 2.41.